The van der Waals surface area contributed by atoms with Gasteiger partial charge in [0, 0.05) is 11.6 Å². The average molecular weight is 384 g/mol. The van der Waals surface area contributed by atoms with E-state index >= 15 is 0 Å². The van der Waals surface area contributed by atoms with E-state index in [-0.39, 0.29) is 18.0 Å². The number of halogens is 1. The van der Waals surface area contributed by atoms with Crippen LogP contribution >= 0.6 is 11.6 Å². The Hall–Kier alpha value is -2.66. The van der Waals surface area contributed by atoms with Crippen LogP contribution in [0.15, 0.2) is 53.6 Å². The van der Waals surface area contributed by atoms with Gasteiger partial charge in [-0.05, 0) is 41.7 Å². The third-order valence-electron chi connectivity index (χ3n) is 4.48. The largest absolute Gasteiger partial charge is 0.354 e. The topological polar surface area (TPSA) is 64.0 Å². The minimum atomic E-state index is -0.276. The van der Waals surface area contributed by atoms with Crippen LogP contribution in [0.4, 0.5) is 0 Å². The highest BCUT2D eigenvalue weighted by molar-refractivity contribution is 6.31. The average Bonchev–Trinajstić information content (AvgIpc) is 2.65. The zero-order valence-electron chi connectivity index (χ0n) is 15.4. The van der Waals surface area contributed by atoms with E-state index < -0.39 is 0 Å². The maximum atomic E-state index is 12.5. The molecule has 0 saturated carbocycles. The van der Waals surface area contributed by atoms with Gasteiger partial charge in [0.05, 0.1) is 17.2 Å². The molecule has 3 rings (SSSR count). The van der Waals surface area contributed by atoms with Gasteiger partial charge >= 0.3 is 0 Å². The number of aromatic nitrogens is 2. The molecule has 1 amide bonds. The molecule has 1 heterocycles. The zero-order valence-corrected chi connectivity index (χ0v) is 16.2. The highest BCUT2D eigenvalue weighted by Crippen LogP contribution is 2.15. The van der Waals surface area contributed by atoms with Gasteiger partial charge in [0.1, 0.15) is 6.54 Å². The maximum absolute atomic E-state index is 12.5. The summed E-state index contributed by atoms with van der Waals surface area (Å²) in [4.78, 5) is 28.9. The molecule has 0 unspecified atom stereocenters. The highest BCUT2D eigenvalue weighted by Gasteiger charge is 2.08. The fourth-order valence-corrected chi connectivity index (χ4v) is 3.04. The molecule has 0 spiro atoms. The van der Waals surface area contributed by atoms with Crippen molar-refractivity contribution in [1.29, 1.82) is 0 Å². The molecule has 6 heteroatoms. The predicted octanol–water partition coefficient (Wildman–Crippen LogP) is 3.53. The molecule has 0 radical (unpaired) electrons. The number of rotatable bonds is 6. The Labute approximate surface area is 163 Å². The van der Waals surface area contributed by atoms with E-state index in [1.807, 2.05) is 0 Å². The lowest BCUT2D eigenvalue weighted by Gasteiger charge is -2.09. The summed E-state index contributed by atoms with van der Waals surface area (Å²) in [5.74, 6) is 0.279. The number of amides is 1. The van der Waals surface area contributed by atoms with Crippen LogP contribution in [-0.4, -0.2) is 22.0 Å². The second kappa shape index (κ2) is 8.35. The van der Waals surface area contributed by atoms with E-state index in [0.717, 1.165) is 6.42 Å². The van der Waals surface area contributed by atoms with Crippen LogP contribution in [0.3, 0.4) is 0 Å². The van der Waals surface area contributed by atoms with Crippen molar-refractivity contribution in [3.05, 3.63) is 75.3 Å². The molecule has 0 bridgehead atoms. The number of hydrogen-bond acceptors (Lipinski definition) is 3. The van der Waals surface area contributed by atoms with Gasteiger partial charge in [0.25, 0.3) is 5.56 Å². The third-order valence-corrected chi connectivity index (χ3v) is 4.72. The first-order valence-corrected chi connectivity index (χ1v) is 9.32. The van der Waals surface area contributed by atoms with Gasteiger partial charge in [0.2, 0.25) is 5.91 Å². The Morgan fingerprint density at radius 2 is 1.93 bits per heavy atom. The van der Waals surface area contributed by atoms with E-state index in [2.05, 4.69) is 48.4 Å². The van der Waals surface area contributed by atoms with E-state index in [1.165, 1.54) is 22.0 Å². The number of benzene rings is 2. The lowest BCUT2D eigenvalue weighted by Crippen LogP contribution is -2.33. The van der Waals surface area contributed by atoms with Gasteiger partial charge in [-0.15, -0.1) is 0 Å². The Morgan fingerprint density at radius 3 is 2.63 bits per heavy atom. The molecule has 0 saturated heterocycles. The number of fused-ring (bicyclic) bond motifs is 1. The molecule has 2 aromatic carbocycles. The van der Waals surface area contributed by atoms with Gasteiger partial charge in [-0.1, -0.05) is 49.7 Å². The van der Waals surface area contributed by atoms with Crippen LogP contribution in [0.5, 0.6) is 0 Å². The van der Waals surface area contributed by atoms with Crippen molar-refractivity contribution >= 4 is 28.4 Å². The molecular formula is C21H22ClN3O2. The number of carbonyl (C=O) groups is 1. The normalized spacial score (nSPS) is 11.1. The summed E-state index contributed by atoms with van der Waals surface area (Å²) in [5.41, 5.74) is 2.75. The third kappa shape index (κ3) is 4.74. The number of nitrogens with zero attached hydrogens (tertiary/aromatic N) is 2. The van der Waals surface area contributed by atoms with Gasteiger partial charge in [-0.3, -0.25) is 14.2 Å². The van der Waals surface area contributed by atoms with Crippen molar-refractivity contribution in [1.82, 2.24) is 14.9 Å². The minimum Gasteiger partial charge on any atom is -0.354 e. The van der Waals surface area contributed by atoms with Crippen molar-refractivity contribution in [2.24, 2.45) is 0 Å². The molecule has 0 aliphatic carbocycles. The molecule has 1 N–H and O–H groups in total. The van der Waals surface area contributed by atoms with Crippen LogP contribution in [-0.2, 0) is 17.8 Å². The Bertz CT molecular complexity index is 1010. The second-order valence-corrected chi connectivity index (χ2v) is 7.27. The smallest absolute Gasteiger partial charge is 0.261 e. The quantitative estimate of drug-likeness (QED) is 0.708. The van der Waals surface area contributed by atoms with Crippen molar-refractivity contribution in [2.75, 3.05) is 6.54 Å². The number of nitrogens with one attached hydrogen (secondary N) is 1. The lowest BCUT2D eigenvalue weighted by molar-refractivity contribution is -0.121. The molecule has 1 aromatic heterocycles. The maximum Gasteiger partial charge on any atom is 0.261 e. The molecule has 3 aromatic rings. The molecule has 140 valence electrons. The lowest BCUT2D eigenvalue weighted by atomic mass is 10.0. The summed E-state index contributed by atoms with van der Waals surface area (Å²) in [6, 6.07) is 13.4. The van der Waals surface area contributed by atoms with Gasteiger partial charge < -0.3 is 5.32 Å². The van der Waals surface area contributed by atoms with Crippen molar-refractivity contribution in [3.8, 4) is 0 Å². The Morgan fingerprint density at radius 1 is 1.19 bits per heavy atom. The number of carbonyl (C=O) groups excluding carboxylic acids is 1. The Kier molecular flexibility index (Phi) is 5.91. The monoisotopic (exact) mass is 383 g/mol. The van der Waals surface area contributed by atoms with E-state index in [0.29, 0.717) is 28.4 Å². The first-order chi connectivity index (χ1) is 12.9. The molecule has 0 atom stereocenters. The summed E-state index contributed by atoms with van der Waals surface area (Å²) in [6.07, 6.45) is 2.13. The van der Waals surface area contributed by atoms with Gasteiger partial charge in [-0.2, -0.15) is 0 Å². The Balaban J connectivity index is 1.58. The van der Waals surface area contributed by atoms with Crippen molar-refractivity contribution < 1.29 is 4.79 Å². The van der Waals surface area contributed by atoms with Crippen molar-refractivity contribution in [3.63, 3.8) is 0 Å². The molecular weight excluding hydrogens is 362 g/mol. The SMILES string of the molecule is CC(C)c1ccc(CCNC(=O)Cn2cnc3ccc(Cl)cc3c2=O)cc1. The summed E-state index contributed by atoms with van der Waals surface area (Å²) in [5, 5.41) is 3.72. The van der Waals surface area contributed by atoms with Crippen LogP contribution in [0.25, 0.3) is 10.9 Å². The van der Waals surface area contributed by atoms with Crippen LogP contribution in [0.1, 0.15) is 30.9 Å². The zero-order chi connectivity index (χ0) is 19.4. The van der Waals surface area contributed by atoms with Crippen LogP contribution in [0.2, 0.25) is 5.02 Å². The highest BCUT2D eigenvalue weighted by atomic mass is 35.5. The first-order valence-electron chi connectivity index (χ1n) is 8.94. The molecule has 0 aliphatic heterocycles. The fourth-order valence-electron chi connectivity index (χ4n) is 2.87. The molecule has 5 nitrogen and oxygen atoms in total. The summed E-state index contributed by atoms with van der Waals surface area (Å²) in [6.45, 7) is 4.77. The summed E-state index contributed by atoms with van der Waals surface area (Å²) in [7, 11) is 0. The van der Waals surface area contributed by atoms with E-state index in [9.17, 15) is 9.59 Å². The van der Waals surface area contributed by atoms with Gasteiger partial charge in [0.15, 0.2) is 0 Å². The van der Waals surface area contributed by atoms with Gasteiger partial charge in [-0.25, -0.2) is 4.98 Å². The fraction of sp³-hybridized carbons (Fsp3) is 0.286. The van der Waals surface area contributed by atoms with Crippen LogP contribution in [0, 0.1) is 0 Å². The van der Waals surface area contributed by atoms with Crippen LogP contribution < -0.4 is 10.9 Å². The van der Waals surface area contributed by atoms with E-state index in [4.69, 9.17) is 11.6 Å². The molecule has 0 fully saturated rings. The number of hydrogen-bond donors (Lipinski definition) is 1. The van der Waals surface area contributed by atoms with Crippen molar-refractivity contribution in [2.45, 2.75) is 32.7 Å². The first kappa shape index (κ1) is 19.1. The second-order valence-electron chi connectivity index (χ2n) is 6.84. The summed E-state index contributed by atoms with van der Waals surface area (Å²) >= 11 is 5.95. The minimum absolute atomic E-state index is 0.0689. The summed E-state index contributed by atoms with van der Waals surface area (Å²) < 4.78 is 1.30. The standard InChI is InChI=1S/C21H22ClN3O2/c1-14(2)16-5-3-15(4-6-16)9-10-23-20(26)12-25-13-24-19-8-7-17(22)11-18(19)21(25)27/h3-8,11,13-14H,9-10,12H2,1-2H3,(H,23,26). The molecule has 27 heavy (non-hydrogen) atoms. The predicted molar refractivity (Wildman–Crippen MR) is 108 cm³/mol. The van der Waals surface area contributed by atoms with E-state index in [1.54, 1.807) is 18.2 Å². The molecule has 0 aliphatic rings.